The standard InChI is InChI=1S/C63H100O5/c1-4-7-10-13-16-19-22-25-27-29-31-33-35-37-40-43-46-49-52-55-58-66-59-61(68-63(65)57-54-51-48-45-42-38-24-21-18-15-12-9-6-3)60-67-62(64)56-53-50-47-44-41-39-36-34-32-30-28-26-23-20-17-14-11-8-5-2/h7-12,16-21,25-28,31-34,38,42,48,51,61H,4-6,13-15,22-24,29-30,35-37,39-41,43-47,49-50,52-60H2,1-3H3/b10-7-,11-8-,12-9-,19-16-,20-17-,21-18-,27-25-,28-26-,33-31-,34-32-,42-38-,51-48-. The second kappa shape index (κ2) is 57.1. The highest BCUT2D eigenvalue weighted by molar-refractivity contribution is 5.70. The van der Waals surface area contributed by atoms with Crippen LogP contribution >= 0.6 is 0 Å². The summed E-state index contributed by atoms with van der Waals surface area (Å²) in [5.74, 6) is -0.523. The van der Waals surface area contributed by atoms with Gasteiger partial charge in [0.2, 0.25) is 0 Å². The highest BCUT2D eigenvalue weighted by atomic mass is 16.6. The first kappa shape index (κ1) is 63.8. The van der Waals surface area contributed by atoms with E-state index in [0.29, 0.717) is 19.4 Å². The van der Waals surface area contributed by atoms with Crippen LogP contribution in [0.4, 0.5) is 0 Å². The van der Waals surface area contributed by atoms with E-state index in [0.717, 1.165) is 122 Å². The number of unbranched alkanes of at least 4 members (excludes halogenated alkanes) is 13. The van der Waals surface area contributed by atoms with Gasteiger partial charge in [0, 0.05) is 19.4 Å². The summed E-state index contributed by atoms with van der Waals surface area (Å²) in [5.41, 5.74) is 0. The highest BCUT2D eigenvalue weighted by Gasteiger charge is 2.17. The molecule has 0 radical (unpaired) electrons. The Morgan fingerprint density at radius 1 is 0.324 bits per heavy atom. The molecule has 0 saturated carbocycles. The van der Waals surface area contributed by atoms with E-state index in [1.165, 1.54) is 51.4 Å². The normalized spacial score (nSPS) is 13.4. The minimum absolute atomic E-state index is 0.0345. The largest absolute Gasteiger partial charge is 0.462 e. The Morgan fingerprint density at radius 2 is 0.647 bits per heavy atom. The van der Waals surface area contributed by atoms with Crippen molar-refractivity contribution in [3.05, 3.63) is 146 Å². The number of ether oxygens (including phenoxy) is 3. The molecule has 5 heteroatoms. The lowest BCUT2D eigenvalue weighted by molar-refractivity contribution is -0.162. The van der Waals surface area contributed by atoms with Crippen molar-refractivity contribution in [2.45, 2.75) is 219 Å². The van der Waals surface area contributed by atoms with Gasteiger partial charge >= 0.3 is 11.9 Å². The molecule has 0 spiro atoms. The number of carbonyl (C=O) groups is 2. The molecule has 0 aromatic rings. The molecule has 0 aromatic heterocycles. The van der Waals surface area contributed by atoms with E-state index < -0.39 is 6.10 Å². The van der Waals surface area contributed by atoms with Crippen LogP contribution in [0.5, 0.6) is 0 Å². The van der Waals surface area contributed by atoms with E-state index in [2.05, 4.69) is 161 Å². The molecule has 0 amide bonds. The Labute approximate surface area is 419 Å². The molecule has 5 nitrogen and oxygen atoms in total. The molecule has 0 fully saturated rings. The number of esters is 2. The first-order valence-corrected chi connectivity index (χ1v) is 27.4. The molecular weight excluding hydrogens is 837 g/mol. The zero-order chi connectivity index (χ0) is 49.2. The van der Waals surface area contributed by atoms with Gasteiger partial charge in [-0.05, 0) is 122 Å². The fraction of sp³-hybridized carbons (Fsp3) is 0.587. The van der Waals surface area contributed by atoms with E-state index in [1.54, 1.807) is 0 Å². The quantitative estimate of drug-likeness (QED) is 0.0346. The third-order valence-corrected chi connectivity index (χ3v) is 10.9. The molecule has 1 atom stereocenters. The van der Waals surface area contributed by atoms with Gasteiger partial charge in [0.05, 0.1) is 6.61 Å². The van der Waals surface area contributed by atoms with Gasteiger partial charge in [-0.2, -0.15) is 0 Å². The second-order valence-electron chi connectivity index (χ2n) is 17.3. The summed E-state index contributed by atoms with van der Waals surface area (Å²) in [6, 6.07) is 0. The summed E-state index contributed by atoms with van der Waals surface area (Å²) in [6.07, 6.45) is 83.1. The molecule has 0 N–H and O–H groups in total. The predicted octanol–water partition coefficient (Wildman–Crippen LogP) is 18.9. The predicted molar refractivity (Wildman–Crippen MR) is 297 cm³/mol. The van der Waals surface area contributed by atoms with Crippen molar-refractivity contribution in [1.82, 2.24) is 0 Å². The van der Waals surface area contributed by atoms with Crippen LogP contribution in [0.2, 0.25) is 0 Å². The molecular formula is C63H100O5. The molecule has 0 bridgehead atoms. The molecule has 0 aliphatic rings. The highest BCUT2D eigenvalue weighted by Crippen LogP contribution is 2.12. The fourth-order valence-corrected chi connectivity index (χ4v) is 6.92. The SMILES string of the molecule is CC/C=C\C/C=C\C/C=C\C/C=C\CCCCCCCCCOCC(COC(=O)CCCCCCCC/C=C\C/C=C\C/C=C\C/C=C\CC)OC(=O)CC/C=C\C/C=C\C/C=C\C/C=C\CC. The number of carbonyl (C=O) groups excluding carboxylic acids is 2. The van der Waals surface area contributed by atoms with Crippen LogP contribution in [0, 0.1) is 0 Å². The molecule has 68 heavy (non-hydrogen) atoms. The number of hydrogen-bond donors (Lipinski definition) is 0. The van der Waals surface area contributed by atoms with Gasteiger partial charge in [-0.1, -0.05) is 224 Å². The lowest BCUT2D eigenvalue weighted by Gasteiger charge is -2.18. The van der Waals surface area contributed by atoms with Gasteiger partial charge in [-0.3, -0.25) is 9.59 Å². The van der Waals surface area contributed by atoms with Crippen molar-refractivity contribution in [3.8, 4) is 0 Å². The monoisotopic (exact) mass is 937 g/mol. The minimum atomic E-state index is -0.598. The molecule has 0 heterocycles. The summed E-state index contributed by atoms with van der Waals surface area (Å²) >= 11 is 0. The lowest BCUT2D eigenvalue weighted by Crippen LogP contribution is -2.30. The number of hydrogen-bond acceptors (Lipinski definition) is 5. The molecule has 1 unspecified atom stereocenters. The molecule has 0 aromatic carbocycles. The van der Waals surface area contributed by atoms with Crippen LogP contribution in [0.25, 0.3) is 0 Å². The van der Waals surface area contributed by atoms with Crippen molar-refractivity contribution < 1.29 is 23.8 Å². The smallest absolute Gasteiger partial charge is 0.306 e. The van der Waals surface area contributed by atoms with Crippen LogP contribution in [0.15, 0.2) is 146 Å². The average molecular weight is 937 g/mol. The summed E-state index contributed by atoms with van der Waals surface area (Å²) in [6.45, 7) is 7.35. The van der Waals surface area contributed by atoms with Gasteiger partial charge < -0.3 is 14.2 Å². The second-order valence-corrected chi connectivity index (χ2v) is 17.3. The Bertz CT molecular complexity index is 1480. The van der Waals surface area contributed by atoms with E-state index in [4.69, 9.17) is 14.2 Å². The van der Waals surface area contributed by atoms with Crippen molar-refractivity contribution in [2.24, 2.45) is 0 Å². The third kappa shape index (κ3) is 54.4. The van der Waals surface area contributed by atoms with Crippen LogP contribution < -0.4 is 0 Å². The zero-order valence-electron chi connectivity index (χ0n) is 43.8. The van der Waals surface area contributed by atoms with Gasteiger partial charge in [-0.15, -0.1) is 0 Å². The van der Waals surface area contributed by atoms with Crippen LogP contribution in [-0.2, 0) is 23.8 Å². The summed E-state index contributed by atoms with van der Waals surface area (Å²) in [4.78, 5) is 25.4. The summed E-state index contributed by atoms with van der Waals surface area (Å²) in [5, 5.41) is 0. The van der Waals surface area contributed by atoms with E-state index in [-0.39, 0.29) is 31.6 Å². The van der Waals surface area contributed by atoms with Gasteiger partial charge in [-0.25, -0.2) is 0 Å². The topological polar surface area (TPSA) is 61.8 Å². The van der Waals surface area contributed by atoms with E-state index in [9.17, 15) is 9.59 Å². The minimum Gasteiger partial charge on any atom is -0.462 e. The number of allylic oxidation sites excluding steroid dienone is 24. The maximum Gasteiger partial charge on any atom is 0.306 e. The Hall–Kier alpha value is -4.22. The molecule has 0 aliphatic carbocycles. The van der Waals surface area contributed by atoms with Gasteiger partial charge in [0.1, 0.15) is 6.61 Å². The maximum atomic E-state index is 12.8. The molecule has 382 valence electrons. The first-order valence-electron chi connectivity index (χ1n) is 27.4. The molecule has 0 rings (SSSR count). The summed E-state index contributed by atoms with van der Waals surface area (Å²) in [7, 11) is 0. The van der Waals surface area contributed by atoms with Gasteiger partial charge in [0.15, 0.2) is 6.10 Å². The first-order chi connectivity index (χ1) is 33.6. The van der Waals surface area contributed by atoms with Crippen LogP contribution in [0.1, 0.15) is 213 Å². The van der Waals surface area contributed by atoms with Crippen LogP contribution in [-0.4, -0.2) is 37.9 Å². The summed E-state index contributed by atoms with van der Waals surface area (Å²) < 4.78 is 17.3. The lowest BCUT2D eigenvalue weighted by atomic mass is 10.1. The Morgan fingerprint density at radius 3 is 1.04 bits per heavy atom. The van der Waals surface area contributed by atoms with Crippen molar-refractivity contribution in [3.63, 3.8) is 0 Å². The van der Waals surface area contributed by atoms with Crippen molar-refractivity contribution in [1.29, 1.82) is 0 Å². The van der Waals surface area contributed by atoms with E-state index in [1.807, 2.05) is 6.08 Å². The molecule has 0 saturated heterocycles. The molecule has 0 aliphatic heterocycles. The van der Waals surface area contributed by atoms with Crippen molar-refractivity contribution in [2.75, 3.05) is 19.8 Å². The third-order valence-electron chi connectivity index (χ3n) is 10.9. The zero-order valence-corrected chi connectivity index (χ0v) is 43.8. The Kier molecular flexibility index (Phi) is 53.6. The average Bonchev–Trinajstić information content (AvgIpc) is 3.34. The van der Waals surface area contributed by atoms with Crippen LogP contribution in [0.3, 0.4) is 0 Å². The van der Waals surface area contributed by atoms with Crippen molar-refractivity contribution >= 4 is 11.9 Å². The maximum absolute atomic E-state index is 12.8. The van der Waals surface area contributed by atoms with Gasteiger partial charge in [0.25, 0.3) is 0 Å². The van der Waals surface area contributed by atoms with E-state index >= 15 is 0 Å². The number of rotatable bonds is 48. The fourth-order valence-electron chi connectivity index (χ4n) is 6.92. The Balaban J connectivity index is 4.40.